The van der Waals surface area contributed by atoms with Crippen molar-refractivity contribution in [2.24, 2.45) is 0 Å². The number of rotatable bonds is 2. The van der Waals surface area contributed by atoms with Crippen molar-refractivity contribution in [2.45, 2.75) is 43.2 Å². The van der Waals surface area contributed by atoms with Crippen LogP contribution < -0.4 is 0 Å². The minimum atomic E-state index is 0.636. The minimum absolute atomic E-state index is 0.636. The predicted octanol–water partition coefficient (Wildman–Crippen LogP) is 4.42. The molecule has 4 rings (SSSR count). The van der Waals surface area contributed by atoms with Crippen LogP contribution in [0, 0.1) is 0 Å². The molecule has 2 aliphatic heterocycles. The lowest BCUT2D eigenvalue weighted by atomic mass is 9.73. The molecule has 2 unspecified atom stereocenters. The zero-order chi connectivity index (χ0) is 14.2. The number of hydrogen-bond acceptors (Lipinski definition) is 1. The average Bonchev–Trinajstić information content (AvgIpc) is 2.79. The van der Waals surface area contributed by atoms with Gasteiger partial charge >= 0.3 is 0 Å². The number of likely N-dealkylation sites (N-methyl/N-ethyl adjacent to an activating group) is 1. The van der Waals surface area contributed by atoms with Gasteiger partial charge in [0.1, 0.15) is 0 Å². The first-order valence-electron chi connectivity index (χ1n) is 8.16. The highest BCUT2D eigenvalue weighted by Crippen LogP contribution is 2.50. The van der Waals surface area contributed by atoms with E-state index in [0.717, 1.165) is 6.04 Å². The topological polar surface area (TPSA) is 3.24 Å². The summed E-state index contributed by atoms with van der Waals surface area (Å²) in [5.74, 6) is 1.31. The maximum absolute atomic E-state index is 2.65. The van der Waals surface area contributed by atoms with Crippen LogP contribution in [0.25, 0.3) is 0 Å². The molecule has 2 saturated heterocycles. The SMILES string of the molecule is CN1[C@@H]2CC[C@H]1C(c1ccccc1)C(c1ccccc1)C2. The third kappa shape index (κ3) is 2.20. The Morgan fingerprint density at radius 3 is 2.10 bits per heavy atom. The second-order valence-corrected chi connectivity index (χ2v) is 6.65. The first-order chi connectivity index (χ1) is 10.3. The molecule has 1 heteroatoms. The number of hydrogen-bond donors (Lipinski definition) is 0. The summed E-state index contributed by atoms with van der Waals surface area (Å²) in [6.45, 7) is 0. The normalized spacial score (nSPS) is 32.2. The van der Waals surface area contributed by atoms with Gasteiger partial charge in [-0.2, -0.15) is 0 Å². The van der Waals surface area contributed by atoms with Crippen molar-refractivity contribution in [3.8, 4) is 0 Å². The molecule has 0 aromatic heterocycles. The molecule has 0 aliphatic carbocycles. The molecular formula is C20H23N. The van der Waals surface area contributed by atoms with Gasteiger partial charge in [-0.1, -0.05) is 60.7 Å². The molecule has 1 nitrogen and oxygen atoms in total. The molecule has 2 aromatic carbocycles. The van der Waals surface area contributed by atoms with Gasteiger partial charge in [-0.25, -0.2) is 0 Å². The highest BCUT2D eigenvalue weighted by atomic mass is 15.2. The molecule has 0 N–H and O–H groups in total. The van der Waals surface area contributed by atoms with Crippen LogP contribution in [0.2, 0.25) is 0 Å². The van der Waals surface area contributed by atoms with E-state index in [-0.39, 0.29) is 0 Å². The van der Waals surface area contributed by atoms with Gasteiger partial charge in [0.25, 0.3) is 0 Å². The minimum Gasteiger partial charge on any atom is -0.300 e. The fourth-order valence-electron chi connectivity index (χ4n) is 4.64. The highest BCUT2D eigenvalue weighted by Gasteiger charge is 2.46. The van der Waals surface area contributed by atoms with E-state index in [1.807, 2.05) is 0 Å². The van der Waals surface area contributed by atoms with E-state index in [1.165, 1.54) is 30.4 Å². The van der Waals surface area contributed by atoms with E-state index in [2.05, 4.69) is 72.6 Å². The monoisotopic (exact) mass is 277 g/mol. The first-order valence-corrected chi connectivity index (χ1v) is 8.16. The van der Waals surface area contributed by atoms with E-state index >= 15 is 0 Å². The van der Waals surface area contributed by atoms with Crippen molar-refractivity contribution in [3.05, 3.63) is 71.8 Å². The van der Waals surface area contributed by atoms with Crippen LogP contribution in [0.5, 0.6) is 0 Å². The third-order valence-electron chi connectivity index (χ3n) is 5.68. The molecule has 0 spiro atoms. The molecule has 108 valence electrons. The molecule has 0 saturated carbocycles. The third-order valence-corrected chi connectivity index (χ3v) is 5.68. The largest absolute Gasteiger partial charge is 0.300 e. The highest BCUT2D eigenvalue weighted by molar-refractivity contribution is 5.32. The Morgan fingerprint density at radius 2 is 1.43 bits per heavy atom. The van der Waals surface area contributed by atoms with E-state index in [9.17, 15) is 0 Å². The van der Waals surface area contributed by atoms with Gasteiger partial charge in [0.05, 0.1) is 0 Å². The van der Waals surface area contributed by atoms with Gasteiger partial charge in [-0.05, 0) is 43.4 Å². The standard InChI is InChI=1S/C20H23N/c1-21-17-12-13-19(21)20(16-10-6-3-7-11-16)18(14-17)15-8-4-2-5-9-15/h2-11,17-20H,12-14H2,1H3/t17-,18?,19+,20?/m1/s1. The van der Waals surface area contributed by atoms with Crippen LogP contribution in [0.3, 0.4) is 0 Å². The van der Waals surface area contributed by atoms with E-state index in [0.29, 0.717) is 17.9 Å². The molecule has 2 aromatic rings. The lowest BCUT2D eigenvalue weighted by Gasteiger charge is -2.43. The summed E-state index contributed by atoms with van der Waals surface area (Å²) in [5, 5.41) is 0. The van der Waals surface area contributed by atoms with Gasteiger partial charge in [-0.15, -0.1) is 0 Å². The zero-order valence-corrected chi connectivity index (χ0v) is 12.7. The quantitative estimate of drug-likeness (QED) is 0.785. The second-order valence-electron chi connectivity index (χ2n) is 6.65. The molecule has 4 atom stereocenters. The molecule has 21 heavy (non-hydrogen) atoms. The number of nitrogens with zero attached hydrogens (tertiary/aromatic N) is 1. The van der Waals surface area contributed by atoms with Crippen molar-refractivity contribution in [1.29, 1.82) is 0 Å². The van der Waals surface area contributed by atoms with Gasteiger partial charge in [0, 0.05) is 18.0 Å². The van der Waals surface area contributed by atoms with Crippen molar-refractivity contribution < 1.29 is 0 Å². The molecule has 2 fully saturated rings. The fraction of sp³-hybridized carbons (Fsp3) is 0.400. The summed E-state index contributed by atoms with van der Waals surface area (Å²) in [7, 11) is 2.33. The molecule has 2 aliphatic rings. The van der Waals surface area contributed by atoms with E-state index in [4.69, 9.17) is 0 Å². The maximum Gasteiger partial charge on any atom is 0.0170 e. The maximum atomic E-state index is 2.65. The van der Waals surface area contributed by atoms with E-state index in [1.54, 1.807) is 0 Å². The van der Waals surface area contributed by atoms with Crippen molar-refractivity contribution >= 4 is 0 Å². The zero-order valence-electron chi connectivity index (χ0n) is 12.7. The lowest BCUT2D eigenvalue weighted by Crippen LogP contribution is -2.44. The Kier molecular flexibility index (Phi) is 3.31. The van der Waals surface area contributed by atoms with Crippen molar-refractivity contribution in [1.82, 2.24) is 4.90 Å². The lowest BCUT2D eigenvalue weighted by molar-refractivity contribution is 0.137. The van der Waals surface area contributed by atoms with Crippen LogP contribution >= 0.6 is 0 Å². The summed E-state index contributed by atoms with van der Waals surface area (Å²) in [6.07, 6.45) is 4.02. The van der Waals surface area contributed by atoms with Crippen molar-refractivity contribution in [2.75, 3.05) is 7.05 Å². The van der Waals surface area contributed by atoms with Crippen molar-refractivity contribution in [3.63, 3.8) is 0 Å². The van der Waals surface area contributed by atoms with Crippen LogP contribution in [-0.2, 0) is 0 Å². The molecule has 0 amide bonds. The van der Waals surface area contributed by atoms with Crippen LogP contribution in [0.4, 0.5) is 0 Å². The summed E-state index contributed by atoms with van der Waals surface area (Å²) < 4.78 is 0. The molecule has 0 radical (unpaired) electrons. The summed E-state index contributed by atoms with van der Waals surface area (Å²) in [4.78, 5) is 2.65. The second kappa shape index (κ2) is 5.31. The molecule has 2 bridgehead atoms. The molecule has 2 heterocycles. The number of benzene rings is 2. The summed E-state index contributed by atoms with van der Waals surface area (Å²) >= 11 is 0. The Balaban J connectivity index is 1.77. The van der Waals surface area contributed by atoms with Gasteiger partial charge < -0.3 is 0 Å². The van der Waals surface area contributed by atoms with Crippen LogP contribution in [0.1, 0.15) is 42.2 Å². The Morgan fingerprint density at radius 1 is 0.810 bits per heavy atom. The Labute approximate surface area is 127 Å². The summed E-state index contributed by atoms with van der Waals surface area (Å²) in [6, 6.07) is 23.8. The van der Waals surface area contributed by atoms with Crippen LogP contribution in [0.15, 0.2) is 60.7 Å². The predicted molar refractivity (Wildman–Crippen MR) is 87.6 cm³/mol. The molecular weight excluding hydrogens is 254 g/mol. The van der Waals surface area contributed by atoms with Gasteiger partial charge in [-0.3, -0.25) is 4.90 Å². The Bertz CT molecular complexity index is 592. The first kappa shape index (κ1) is 13.1. The average molecular weight is 277 g/mol. The smallest absolute Gasteiger partial charge is 0.0170 e. The fourth-order valence-corrected chi connectivity index (χ4v) is 4.64. The Hall–Kier alpha value is -1.60. The summed E-state index contributed by atoms with van der Waals surface area (Å²) in [5.41, 5.74) is 3.04. The van der Waals surface area contributed by atoms with Crippen LogP contribution in [-0.4, -0.2) is 24.0 Å². The van der Waals surface area contributed by atoms with Gasteiger partial charge in [0.2, 0.25) is 0 Å². The van der Waals surface area contributed by atoms with E-state index < -0.39 is 0 Å². The number of fused-ring (bicyclic) bond motifs is 2. The number of piperidine rings is 1. The van der Waals surface area contributed by atoms with Gasteiger partial charge in [0.15, 0.2) is 0 Å².